The van der Waals surface area contributed by atoms with E-state index in [4.69, 9.17) is 19.3 Å². The Kier molecular flexibility index (Phi) is 14.5. The molecule has 0 fully saturated rings. The van der Waals surface area contributed by atoms with E-state index >= 15 is 0 Å². The number of thiazole rings is 1. The zero-order valence-corrected chi connectivity index (χ0v) is 27.4. The fourth-order valence-electron chi connectivity index (χ4n) is 4.85. The molecular weight excluding hydrogens is 598 g/mol. The molecule has 1 heterocycles. The Balaban J connectivity index is 1.45. The van der Waals surface area contributed by atoms with Crippen molar-refractivity contribution in [2.45, 2.75) is 71.0 Å². The molecule has 0 saturated heterocycles. The fraction of sp³-hybridized carbons (Fsp3) is 0.515. The van der Waals surface area contributed by atoms with Gasteiger partial charge in [-0.1, -0.05) is 42.0 Å². The summed E-state index contributed by atoms with van der Waals surface area (Å²) in [6.45, 7) is 4.57. The average molecular weight is 644 g/mol. The second kappa shape index (κ2) is 18.3. The molecule has 0 aliphatic rings. The van der Waals surface area contributed by atoms with Crippen LogP contribution in [0, 0.1) is 13.8 Å². The number of hydrogen-bond donors (Lipinski definition) is 3. The van der Waals surface area contributed by atoms with E-state index in [-0.39, 0.29) is 6.61 Å². The standard InChI is InChI=1S/C33H45N3O8S/c1-22-15-16-24(20-23(22)2)12-7-5-10-19-43-29(30(32(40)41)44-21-27(37)38)31(39)36(3)18-9-6-8-17-34-33-35-28-25(42-4)13-11-14-26(28)45-33/h11,13-16,20,29-30H,5-10,12,17-19,21H2,1-4H3,(H,34,35)(H,37,38)(H,40,41). The van der Waals surface area contributed by atoms with E-state index in [1.807, 2.05) is 18.2 Å². The monoisotopic (exact) mass is 643 g/mol. The van der Waals surface area contributed by atoms with Gasteiger partial charge in [-0.15, -0.1) is 0 Å². The van der Waals surface area contributed by atoms with Gasteiger partial charge in [-0.05, 0) is 81.2 Å². The molecule has 11 nitrogen and oxygen atoms in total. The number of amides is 1. The van der Waals surface area contributed by atoms with Crippen LogP contribution in [0.4, 0.5) is 5.13 Å². The van der Waals surface area contributed by atoms with Crippen LogP contribution < -0.4 is 10.1 Å². The number of carbonyl (C=O) groups excluding carboxylic acids is 1. The molecule has 1 amide bonds. The third-order valence-corrected chi connectivity index (χ3v) is 8.53. The molecule has 3 rings (SSSR count). The number of aryl methyl sites for hydroxylation is 3. The molecule has 2 aromatic carbocycles. The second-order valence-corrected chi connectivity index (χ2v) is 12.1. The first kappa shape index (κ1) is 35.7. The van der Waals surface area contributed by atoms with Crippen molar-refractivity contribution in [2.75, 3.05) is 45.8 Å². The maximum Gasteiger partial charge on any atom is 0.336 e. The number of aromatic nitrogens is 1. The smallest absolute Gasteiger partial charge is 0.336 e. The Morgan fingerprint density at radius 2 is 1.73 bits per heavy atom. The molecular formula is C33H45N3O8S. The minimum Gasteiger partial charge on any atom is -0.494 e. The summed E-state index contributed by atoms with van der Waals surface area (Å²) in [5.74, 6) is -2.59. The number of benzene rings is 2. The highest BCUT2D eigenvalue weighted by atomic mass is 32.1. The minimum absolute atomic E-state index is 0.153. The summed E-state index contributed by atoms with van der Waals surface area (Å²) in [6, 6.07) is 12.2. The lowest BCUT2D eigenvalue weighted by atomic mass is 10.0. The number of nitrogens with one attached hydrogen (secondary N) is 1. The van der Waals surface area contributed by atoms with Gasteiger partial charge in [-0.25, -0.2) is 14.6 Å². The molecule has 0 saturated carbocycles. The summed E-state index contributed by atoms with van der Waals surface area (Å²) >= 11 is 1.56. The van der Waals surface area contributed by atoms with Gasteiger partial charge in [0.1, 0.15) is 17.9 Å². The highest BCUT2D eigenvalue weighted by molar-refractivity contribution is 7.22. The predicted octanol–water partition coefficient (Wildman–Crippen LogP) is 5.31. The van der Waals surface area contributed by atoms with Crippen molar-refractivity contribution in [1.29, 1.82) is 0 Å². The fourth-order valence-corrected chi connectivity index (χ4v) is 5.76. The van der Waals surface area contributed by atoms with Crippen molar-refractivity contribution >= 4 is 44.5 Å². The Morgan fingerprint density at radius 3 is 2.44 bits per heavy atom. The van der Waals surface area contributed by atoms with Crippen LogP contribution in [-0.2, 0) is 30.3 Å². The molecule has 0 bridgehead atoms. The van der Waals surface area contributed by atoms with Gasteiger partial charge in [-0.2, -0.15) is 0 Å². The molecule has 45 heavy (non-hydrogen) atoms. The van der Waals surface area contributed by atoms with Crippen LogP contribution in [0.15, 0.2) is 36.4 Å². The Labute approximate surface area is 268 Å². The van der Waals surface area contributed by atoms with E-state index < -0.39 is 36.7 Å². The van der Waals surface area contributed by atoms with Gasteiger partial charge in [0.15, 0.2) is 17.3 Å². The van der Waals surface area contributed by atoms with Crippen LogP contribution in [0.3, 0.4) is 0 Å². The average Bonchev–Trinajstić information content (AvgIpc) is 3.43. The van der Waals surface area contributed by atoms with Crippen LogP contribution in [-0.4, -0.2) is 90.6 Å². The number of unbranched alkanes of at least 4 members (excludes halogenated alkanes) is 4. The lowest BCUT2D eigenvalue weighted by Gasteiger charge is -2.27. The van der Waals surface area contributed by atoms with E-state index in [0.29, 0.717) is 25.9 Å². The van der Waals surface area contributed by atoms with Gasteiger partial charge in [0, 0.05) is 26.7 Å². The number of fused-ring (bicyclic) bond motifs is 1. The number of aliphatic carboxylic acids is 2. The normalized spacial score (nSPS) is 12.5. The SMILES string of the molecule is COc1cccc2sc(NCCCCCN(C)C(=O)C(OCCCCCc3ccc(C)c(C)c3)C(OCC(=O)O)C(=O)O)nc12. The molecule has 12 heteroatoms. The predicted molar refractivity (Wildman–Crippen MR) is 174 cm³/mol. The molecule has 0 aliphatic carbocycles. The summed E-state index contributed by atoms with van der Waals surface area (Å²) in [6.07, 6.45) is 2.46. The molecule has 2 unspecified atom stereocenters. The molecule has 3 aromatic rings. The maximum absolute atomic E-state index is 13.3. The number of carboxylic acids is 2. The first-order chi connectivity index (χ1) is 21.6. The first-order valence-electron chi connectivity index (χ1n) is 15.3. The minimum atomic E-state index is -1.73. The third kappa shape index (κ3) is 11.3. The second-order valence-electron chi connectivity index (χ2n) is 11.1. The quantitative estimate of drug-likeness (QED) is 0.130. The van der Waals surface area contributed by atoms with Gasteiger partial charge >= 0.3 is 11.9 Å². The van der Waals surface area contributed by atoms with Crippen molar-refractivity contribution in [3.05, 3.63) is 53.1 Å². The van der Waals surface area contributed by atoms with Crippen LogP contribution >= 0.6 is 11.3 Å². The van der Waals surface area contributed by atoms with E-state index in [9.17, 15) is 19.5 Å². The summed E-state index contributed by atoms with van der Waals surface area (Å²) in [5, 5.41) is 22.9. The number of rotatable bonds is 21. The molecule has 1 aromatic heterocycles. The summed E-state index contributed by atoms with van der Waals surface area (Å²) < 4.78 is 17.3. The largest absolute Gasteiger partial charge is 0.494 e. The molecule has 0 radical (unpaired) electrons. The number of methoxy groups -OCH3 is 1. The third-order valence-electron chi connectivity index (χ3n) is 7.55. The Bertz CT molecular complexity index is 1410. The number of carbonyl (C=O) groups is 3. The van der Waals surface area contributed by atoms with E-state index in [2.05, 4.69) is 42.3 Å². The van der Waals surface area contributed by atoms with Crippen LogP contribution in [0.5, 0.6) is 5.75 Å². The molecule has 0 aliphatic heterocycles. The van der Waals surface area contributed by atoms with Crippen molar-refractivity contribution in [1.82, 2.24) is 9.88 Å². The summed E-state index contributed by atoms with van der Waals surface area (Å²) in [4.78, 5) is 42.4. The number of carboxylic acid groups (broad SMARTS) is 2. The van der Waals surface area contributed by atoms with Crippen molar-refractivity contribution < 1.29 is 38.8 Å². The molecule has 2 atom stereocenters. The van der Waals surface area contributed by atoms with Gasteiger partial charge in [-0.3, -0.25) is 4.79 Å². The topological polar surface area (TPSA) is 148 Å². The van der Waals surface area contributed by atoms with E-state index in [0.717, 1.165) is 53.2 Å². The highest BCUT2D eigenvalue weighted by Crippen LogP contribution is 2.32. The van der Waals surface area contributed by atoms with Gasteiger partial charge in [0.05, 0.1) is 11.8 Å². The number of nitrogens with zero attached hydrogens (tertiary/aromatic N) is 2. The van der Waals surface area contributed by atoms with Gasteiger partial charge in [0.25, 0.3) is 5.91 Å². The van der Waals surface area contributed by atoms with Crippen LogP contribution in [0.25, 0.3) is 10.2 Å². The van der Waals surface area contributed by atoms with E-state index in [1.165, 1.54) is 21.6 Å². The summed E-state index contributed by atoms with van der Waals surface area (Å²) in [5.41, 5.74) is 4.60. The number of anilines is 1. The first-order valence-corrected chi connectivity index (χ1v) is 16.1. The number of hydrogen-bond acceptors (Lipinski definition) is 9. The van der Waals surface area contributed by atoms with Crippen LogP contribution in [0.1, 0.15) is 55.2 Å². The maximum atomic E-state index is 13.3. The van der Waals surface area contributed by atoms with Crippen molar-refractivity contribution in [3.8, 4) is 5.75 Å². The molecule has 3 N–H and O–H groups in total. The number of para-hydroxylation sites is 1. The molecule has 246 valence electrons. The number of likely N-dealkylation sites (N-methyl/N-ethyl adjacent to an activating group) is 1. The van der Waals surface area contributed by atoms with Gasteiger partial charge < -0.3 is 34.6 Å². The van der Waals surface area contributed by atoms with Crippen molar-refractivity contribution in [3.63, 3.8) is 0 Å². The Morgan fingerprint density at radius 1 is 0.956 bits per heavy atom. The zero-order valence-electron chi connectivity index (χ0n) is 26.5. The van der Waals surface area contributed by atoms with Gasteiger partial charge in [0.2, 0.25) is 0 Å². The highest BCUT2D eigenvalue weighted by Gasteiger charge is 2.37. The number of ether oxygens (including phenoxy) is 3. The van der Waals surface area contributed by atoms with Crippen molar-refractivity contribution in [2.24, 2.45) is 0 Å². The Hall–Kier alpha value is -3.74. The van der Waals surface area contributed by atoms with E-state index in [1.54, 1.807) is 25.5 Å². The lowest BCUT2D eigenvalue weighted by Crippen LogP contribution is -2.50. The van der Waals surface area contributed by atoms with Crippen LogP contribution in [0.2, 0.25) is 0 Å². The lowest BCUT2D eigenvalue weighted by molar-refractivity contribution is -0.175. The summed E-state index contributed by atoms with van der Waals surface area (Å²) in [7, 11) is 3.21. The zero-order chi connectivity index (χ0) is 32.8. The molecule has 0 spiro atoms.